The lowest BCUT2D eigenvalue weighted by Gasteiger charge is -2.17. The van der Waals surface area contributed by atoms with Crippen molar-refractivity contribution in [2.45, 2.75) is 25.6 Å². The molecule has 1 N–H and O–H groups in total. The summed E-state index contributed by atoms with van der Waals surface area (Å²) in [5, 5.41) is 2.95. The highest BCUT2D eigenvalue weighted by atomic mass is 16.5. The number of rotatable bonds is 7. The third kappa shape index (κ3) is 4.52. The van der Waals surface area contributed by atoms with Crippen molar-refractivity contribution in [3.05, 3.63) is 89.5 Å². The van der Waals surface area contributed by atoms with Gasteiger partial charge < -0.3 is 14.8 Å². The highest BCUT2D eigenvalue weighted by Gasteiger charge is 2.26. The molecule has 5 nitrogen and oxygen atoms in total. The van der Waals surface area contributed by atoms with E-state index in [-0.39, 0.29) is 17.8 Å². The van der Waals surface area contributed by atoms with Crippen LogP contribution in [-0.2, 0) is 16.0 Å². The Morgan fingerprint density at radius 3 is 2.55 bits per heavy atom. The topological polar surface area (TPSA) is 64.6 Å². The Hall–Kier alpha value is -3.44. The molecule has 0 bridgehead atoms. The standard InChI is InChI=1S/C26H25NO4/c1-17(28)22-10-6-7-11-23(22)19-12-13-24-20(14-19)15-21(31-24)16-27-26(29)25(30-2)18-8-4-3-5-9-18/h3-14,21,25H,15-16H2,1-2H3,(H,27,29)/t21-,25+/m1/s1. The summed E-state index contributed by atoms with van der Waals surface area (Å²) < 4.78 is 11.4. The smallest absolute Gasteiger partial charge is 0.253 e. The Bertz CT molecular complexity index is 1090. The first-order valence-electron chi connectivity index (χ1n) is 10.3. The van der Waals surface area contributed by atoms with Crippen molar-refractivity contribution in [2.24, 2.45) is 0 Å². The summed E-state index contributed by atoms with van der Waals surface area (Å²) in [7, 11) is 1.53. The minimum atomic E-state index is -0.653. The fraction of sp³-hybridized carbons (Fsp3) is 0.231. The zero-order valence-corrected chi connectivity index (χ0v) is 17.6. The van der Waals surface area contributed by atoms with E-state index in [0.29, 0.717) is 18.5 Å². The third-order valence-electron chi connectivity index (χ3n) is 5.50. The van der Waals surface area contributed by atoms with Crippen LogP contribution in [-0.4, -0.2) is 31.4 Å². The van der Waals surface area contributed by atoms with Crippen LogP contribution < -0.4 is 10.1 Å². The molecule has 3 aromatic rings. The van der Waals surface area contributed by atoms with Crippen LogP contribution >= 0.6 is 0 Å². The van der Waals surface area contributed by atoms with Crippen molar-refractivity contribution in [2.75, 3.05) is 13.7 Å². The molecule has 4 rings (SSSR count). The van der Waals surface area contributed by atoms with Crippen LogP contribution in [0.1, 0.15) is 34.5 Å². The molecule has 1 heterocycles. The van der Waals surface area contributed by atoms with Crippen molar-refractivity contribution in [1.82, 2.24) is 5.32 Å². The molecule has 0 aliphatic carbocycles. The average Bonchev–Trinajstić information content (AvgIpc) is 3.21. The van der Waals surface area contributed by atoms with Gasteiger partial charge >= 0.3 is 0 Å². The predicted octanol–water partition coefficient (Wildman–Crippen LogP) is 4.36. The minimum absolute atomic E-state index is 0.0408. The van der Waals surface area contributed by atoms with E-state index < -0.39 is 6.10 Å². The Morgan fingerprint density at radius 2 is 1.81 bits per heavy atom. The van der Waals surface area contributed by atoms with Crippen molar-refractivity contribution < 1.29 is 19.1 Å². The summed E-state index contributed by atoms with van der Waals surface area (Å²) in [5.74, 6) is 0.665. The number of Topliss-reactive ketones (excluding diaryl/α,β-unsaturated/α-hetero) is 1. The number of ether oxygens (including phenoxy) is 2. The number of hydrogen-bond acceptors (Lipinski definition) is 4. The first-order chi connectivity index (χ1) is 15.1. The molecule has 0 unspecified atom stereocenters. The number of nitrogens with one attached hydrogen (secondary N) is 1. The van der Waals surface area contributed by atoms with E-state index in [2.05, 4.69) is 11.4 Å². The fourth-order valence-corrected chi connectivity index (χ4v) is 3.97. The fourth-order valence-electron chi connectivity index (χ4n) is 3.97. The van der Waals surface area contributed by atoms with Gasteiger partial charge in [0.1, 0.15) is 11.9 Å². The van der Waals surface area contributed by atoms with Gasteiger partial charge in [-0.15, -0.1) is 0 Å². The molecule has 0 saturated carbocycles. The molecule has 0 saturated heterocycles. The first-order valence-corrected chi connectivity index (χ1v) is 10.3. The Morgan fingerprint density at radius 1 is 1.06 bits per heavy atom. The van der Waals surface area contributed by atoms with Crippen LogP contribution in [0.5, 0.6) is 5.75 Å². The second kappa shape index (κ2) is 9.14. The number of carbonyl (C=O) groups excluding carboxylic acids is 2. The van der Waals surface area contributed by atoms with Crippen LogP contribution in [0.15, 0.2) is 72.8 Å². The number of fused-ring (bicyclic) bond motifs is 1. The van der Waals surface area contributed by atoms with Gasteiger partial charge in [0.2, 0.25) is 0 Å². The van der Waals surface area contributed by atoms with Gasteiger partial charge in [-0.3, -0.25) is 9.59 Å². The van der Waals surface area contributed by atoms with Crippen LogP contribution in [0.4, 0.5) is 0 Å². The van der Waals surface area contributed by atoms with E-state index in [4.69, 9.17) is 9.47 Å². The maximum Gasteiger partial charge on any atom is 0.253 e. The molecule has 158 valence electrons. The molecule has 0 spiro atoms. The van der Waals surface area contributed by atoms with Gasteiger partial charge in [-0.05, 0) is 41.3 Å². The van der Waals surface area contributed by atoms with E-state index in [9.17, 15) is 9.59 Å². The second-order valence-corrected chi connectivity index (χ2v) is 7.64. The summed E-state index contributed by atoms with van der Waals surface area (Å²) in [5.41, 5.74) is 4.49. The second-order valence-electron chi connectivity index (χ2n) is 7.64. The molecule has 0 aromatic heterocycles. The summed E-state index contributed by atoms with van der Waals surface area (Å²) >= 11 is 0. The normalized spacial score (nSPS) is 15.6. The number of hydrogen-bond donors (Lipinski definition) is 1. The van der Waals surface area contributed by atoms with E-state index >= 15 is 0 Å². The van der Waals surface area contributed by atoms with Crippen molar-refractivity contribution in [3.8, 4) is 16.9 Å². The van der Waals surface area contributed by atoms with Gasteiger partial charge in [-0.25, -0.2) is 0 Å². The van der Waals surface area contributed by atoms with Crippen molar-refractivity contribution >= 4 is 11.7 Å². The summed E-state index contributed by atoms with van der Waals surface area (Å²) in [4.78, 5) is 24.6. The average molecular weight is 415 g/mol. The molecule has 3 aromatic carbocycles. The van der Waals surface area contributed by atoms with Crippen LogP contribution in [0.3, 0.4) is 0 Å². The number of amides is 1. The van der Waals surface area contributed by atoms with Gasteiger partial charge in [-0.1, -0.05) is 60.7 Å². The molecule has 0 fully saturated rings. The zero-order valence-electron chi connectivity index (χ0n) is 17.6. The molecular formula is C26H25NO4. The quantitative estimate of drug-likeness (QED) is 0.582. The number of methoxy groups -OCH3 is 1. The molecule has 1 aliphatic rings. The third-order valence-corrected chi connectivity index (χ3v) is 5.50. The van der Waals surface area contributed by atoms with E-state index in [1.807, 2.05) is 66.7 Å². The molecule has 2 atom stereocenters. The molecule has 5 heteroatoms. The van der Waals surface area contributed by atoms with E-state index in [1.165, 1.54) is 7.11 Å². The molecule has 31 heavy (non-hydrogen) atoms. The Labute approximate surface area is 182 Å². The number of carbonyl (C=O) groups is 2. The molecule has 1 aliphatic heterocycles. The largest absolute Gasteiger partial charge is 0.488 e. The highest BCUT2D eigenvalue weighted by Crippen LogP contribution is 2.34. The molecule has 0 radical (unpaired) electrons. The van der Waals surface area contributed by atoms with Crippen LogP contribution in [0, 0.1) is 0 Å². The molecule has 1 amide bonds. The van der Waals surface area contributed by atoms with Crippen molar-refractivity contribution in [3.63, 3.8) is 0 Å². The lowest BCUT2D eigenvalue weighted by molar-refractivity contribution is -0.131. The maximum atomic E-state index is 12.6. The lowest BCUT2D eigenvalue weighted by atomic mass is 9.95. The van der Waals surface area contributed by atoms with E-state index in [0.717, 1.165) is 28.0 Å². The van der Waals surface area contributed by atoms with Gasteiger partial charge in [0.05, 0.1) is 6.54 Å². The maximum absolute atomic E-state index is 12.6. The first kappa shape index (κ1) is 20.8. The Kier molecular flexibility index (Phi) is 6.14. The summed E-state index contributed by atoms with van der Waals surface area (Å²) in [6.07, 6.45) is -0.112. The van der Waals surface area contributed by atoms with Crippen LogP contribution in [0.25, 0.3) is 11.1 Å². The lowest BCUT2D eigenvalue weighted by Crippen LogP contribution is -2.37. The number of benzene rings is 3. The monoisotopic (exact) mass is 415 g/mol. The Balaban J connectivity index is 1.43. The minimum Gasteiger partial charge on any atom is -0.488 e. The van der Waals surface area contributed by atoms with Gasteiger partial charge in [-0.2, -0.15) is 0 Å². The SMILES string of the molecule is CO[C@H](C(=O)NC[C@H]1Cc2cc(-c3ccccc3C(C)=O)ccc2O1)c1ccccc1. The van der Waals surface area contributed by atoms with Gasteiger partial charge in [0.25, 0.3) is 5.91 Å². The van der Waals surface area contributed by atoms with Gasteiger partial charge in [0.15, 0.2) is 11.9 Å². The highest BCUT2D eigenvalue weighted by molar-refractivity contribution is 6.00. The van der Waals surface area contributed by atoms with Crippen molar-refractivity contribution in [1.29, 1.82) is 0 Å². The summed E-state index contributed by atoms with van der Waals surface area (Å²) in [6.45, 7) is 1.97. The zero-order chi connectivity index (χ0) is 21.8. The van der Waals surface area contributed by atoms with Crippen LogP contribution in [0.2, 0.25) is 0 Å². The van der Waals surface area contributed by atoms with E-state index in [1.54, 1.807) is 6.92 Å². The van der Waals surface area contributed by atoms with Gasteiger partial charge in [0, 0.05) is 19.1 Å². The molecular weight excluding hydrogens is 390 g/mol. The summed E-state index contributed by atoms with van der Waals surface area (Å²) in [6, 6.07) is 23.0. The number of ketones is 1. The predicted molar refractivity (Wildman–Crippen MR) is 119 cm³/mol.